The van der Waals surface area contributed by atoms with Gasteiger partial charge in [0.25, 0.3) is 0 Å². The van der Waals surface area contributed by atoms with Gasteiger partial charge in [-0.05, 0) is 12.5 Å². The van der Waals surface area contributed by atoms with Crippen LogP contribution in [-0.4, -0.2) is 32.8 Å². The van der Waals surface area contributed by atoms with E-state index in [9.17, 15) is 4.79 Å². The van der Waals surface area contributed by atoms with Crippen LogP contribution in [-0.2, 0) is 4.79 Å². The monoisotopic (exact) mass is 263 g/mol. The average Bonchev–Trinajstić information content (AvgIpc) is 2.38. The number of para-hydroxylation sites is 1. The molecule has 0 fully saturated rings. The second kappa shape index (κ2) is 5.79. The van der Waals surface area contributed by atoms with Crippen LogP contribution in [0.2, 0.25) is 0 Å². The fourth-order valence-corrected chi connectivity index (χ4v) is 2.52. The molecule has 18 heavy (non-hydrogen) atoms. The first kappa shape index (κ1) is 12.8. The molecule has 0 bridgehead atoms. The van der Waals surface area contributed by atoms with Crippen LogP contribution >= 0.6 is 11.8 Å². The van der Waals surface area contributed by atoms with Crippen molar-refractivity contribution in [1.29, 1.82) is 0 Å². The van der Waals surface area contributed by atoms with E-state index in [1.807, 2.05) is 24.3 Å². The normalized spacial score (nSPS) is 12.5. The Hall–Kier alpha value is -1.66. The Morgan fingerprint density at radius 2 is 2.17 bits per heavy atom. The van der Waals surface area contributed by atoms with Gasteiger partial charge in [-0.1, -0.05) is 18.2 Å². The SMILES string of the molecule is NC(CCSc1ncnc2ccccc12)C(=O)O. The van der Waals surface area contributed by atoms with E-state index in [0.29, 0.717) is 12.2 Å². The van der Waals surface area contributed by atoms with Crippen molar-refractivity contribution in [2.45, 2.75) is 17.5 Å². The molecule has 2 rings (SSSR count). The van der Waals surface area contributed by atoms with Crippen LogP contribution in [0.4, 0.5) is 0 Å². The summed E-state index contributed by atoms with van der Waals surface area (Å²) in [6, 6.07) is 6.91. The van der Waals surface area contributed by atoms with Crippen molar-refractivity contribution in [3.8, 4) is 0 Å². The maximum atomic E-state index is 10.6. The third kappa shape index (κ3) is 2.96. The predicted molar refractivity (Wildman–Crippen MR) is 70.5 cm³/mol. The quantitative estimate of drug-likeness (QED) is 0.628. The largest absolute Gasteiger partial charge is 0.480 e. The Morgan fingerprint density at radius 3 is 2.94 bits per heavy atom. The number of carboxylic acids is 1. The minimum absolute atomic E-state index is 0.415. The first-order chi connectivity index (χ1) is 8.68. The lowest BCUT2D eigenvalue weighted by atomic mass is 10.2. The number of hydrogen-bond acceptors (Lipinski definition) is 5. The summed E-state index contributed by atoms with van der Waals surface area (Å²) in [4.78, 5) is 19.0. The van der Waals surface area contributed by atoms with Gasteiger partial charge < -0.3 is 10.8 Å². The van der Waals surface area contributed by atoms with Crippen LogP contribution in [0.5, 0.6) is 0 Å². The third-order valence-electron chi connectivity index (χ3n) is 2.49. The summed E-state index contributed by atoms with van der Waals surface area (Å²) in [6.45, 7) is 0. The number of nitrogens with two attached hydrogens (primary N) is 1. The molecule has 5 nitrogen and oxygen atoms in total. The smallest absolute Gasteiger partial charge is 0.320 e. The van der Waals surface area contributed by atoms with Crippen molar-refractivity contribution in [2.24, 2.45) is 5.73 Å². The average molecular weight is 263 g/mol. The van der Waals surface area contributed by atoms with Gasteiger partial charge in [-0.2, -0.15) is 0 Å². The second-order valence-electron chi connectivity index (χ2n) is 3.78. The van der Waals surface area contributed by atoms with Gasteiger partial charge in [0, 0.05) is 11.1 Å². The number of aliphatic carboxylic acids is 1. The summed E-state index contributed by atoms with van der Waals surface area (Å²) in [5.41, 5.74) is 6.33. The van der Waals surface area contributed by atoms with E-state index < -0.39 is 12.0 Å². The van der Waals surface area contributed by atoms with E-state index in [1.54, 1.807) is 0 Å². The molecule has 0 aliphatic rings. The van der Waals surface area contributed by atoms with Crippen LogP contribution in [0.15, 0.2) is 35.6 Å². The lowest BCUT2D eigenvalue weighted by Gasteiger charge is -2.06. The summed E-state index contributed by atoms with van der Waals surface area (Å²) in [5.74, 6) is -0.350. The molecule has 1 unspecified atom stereocenters. The van der Waals surface area contributed by atoms with Gasteiger partial charge in [-0.15, -0.1) is 11.8 Å². The highest BCUT2D eigenvalue weighted by molar-refractivity contribution is 7.99. The highest BCUT2D eigenvalue weighted by Gasteiger charge is 2.11. The van der Waals surface area contributed by atoms with Crippen molar-refractivity contribution >= 4 is 28.6 Å². The van der Waals surface area contributed by atoms with Gasteiger partial charge in [0.2, 0.25) is 0 Å². The molecule has 0 aliphatic carbocycles. The Morgan fingerprint density at radius 1 is 1.39 bits per heavy atom. The molecule has 1 aromatic carbocycles. The van der Waals surface area contributed by atoms with Crippen molar-refractivity contribution in [2.75, 3.05) is 5.75 Å². The van der Waals surface area contributed by atoms with Crippen molar-refractivity contribution < 1.29 is 9.90 Å². The first-order valence-electron chi connectivity index (χ1n) is 5.49. The fraction of sp³-hybridized carbons (Fsp3) is 0.250. The molecular formula is C12H13N3O2S. The zero-order chi connectivity index (χ0) is 13.0. The molecule has 0 saturated heterocycles. The summed E-state index contributed by atoms with van der Waals surface area (Å²) in [6.07, 6.45) is 1.93. The molecule has 0 aliphatic heterocycles. The number of carboxylic acid groups (broad SMARTS) is 1. The zero-order valence-electron chi connectivity index (χ0n) is 9.61. The minimum atomic E-state index is -0.969. The van der Waals surface area contributed by atoms with Gasteiger partial charge >= 0.3 is 5.97 Å². The number of benzene rings is 1. The van der Waals surface area contributed by atoms with E-state index >= 15 is 0 Å². The van der Waals surface area contributed by atoms with E-state index in [4.69, 9.17) is 10.8 Å². The molecule has 1 heterocycles. The van der Waals surface area contributed by atoms with Crippen molar-refractivity contribution in [3.63, 3.8) is 0 Å². The number of hydrogen-bond donors (Lipinski definition) is 2. The maximum Gasteiger partial charge on any atom is 0.320 e. The Balaban J connectivity index is 2.06. The molecule has 94 valence electrons. The van der Waals surface area contributed by atoms with Crippen molar-refractivity contribution in [3.05, 3.63) is 30.6 Å². The molecule has 1 aromatic heterocycles. The summed E-state index contributed by atoms with van der Waals surface area (Å²) in [5, 5.41) is 10.5. The maximum absolute atomic E-state index is 10.6. The summed E-state index contributed by atoms with van der Waals surface area (Å²) in [7, 11) is 0. The molecule has 1 atom stereocenters. The fourth-order valence-electron chi connectivity index (χ4n) is 1.50. The highest BCUT2D eigenvalue weighted by atomic mass is 32.2. The predicted octanol–water partition coefficient (Wildman–Crippen LogP) is 1.52. The molecule has 0 radical (unpaired) electrons. The number of carbonyl (C=O) groups is 1. The van der Waals surface area contributed by atoms with E-state index in [-0.39, 0.29) is 0 Å². The number of fused-ring (bicyclic) bond motifs is 1. The van der Waals surface area contributed by atoms with E-state index in [2.05, 4.69) is 9.97 Å². The number of thioether (sulfide) groups is 1. The standard InChI is InChI=1S/C12H13N3O2S/c13-9(12(16)17)5-6-18-11-8-3-1-2-4-10(8)14-7-15-11/h1-4,7,9H,5-6,13H2,(H,16,17). The number of nitrogens with zero attached hydrogens (tertiary/aromatic N) is 2. The van der Waals surface area contributed by atoms with Crippen LogP contribution in [0, 0.1) is 0 Å². The van der Waals surface area contributed by atoms with E-state index in [0.717, 1.165) is 15.9 Å². The molecule has 0 amide bonds. The molecule has 0 spiro atoms. The van der Waals surface area contributed by atoms with Gasteiger partial charge in [0.1, 0.15) is 17.4 Å². The first-order valence-corrected chi connectivity index (χ1v) is 6.48. The van der Waals surface area contributed by atoms with Gasteiger partial charge in [0.15, 0.2) is 0 Å². The van der Waals surface area contributed by atoms with Crippen LogP contribution in [0.25, 0.3) is 10.9 Å². The summed E-state index contributed by atoms with van der Waals surface area (Å²) < 4.78 is 0. The van der Waals surface area contributed by atoms with Crippen molar-refractivity contribution in [1.82, 2.24) is 9.97 Å². The second-order valence-corrected chi connectivity index (χ2v) is 4.86. The molecule has 0 saturated carbocycles. The molecule has 3 N–H and O–H groups in total. The molecule has 6 heteroatoms. The lowest BCUT2D eigenvalue weighted by molar-refractivity contribution is -0.138. The van der Waals surface area contributed by atoms with Crippen LogP contribution < -0.4 is 5.73 Å². The number of rotatable bonds is 5. The van der Waals surface area contributed by atoms with E-state index in [1.165, 1.54) is 18.1 Å². The zero-order valence-corrected chi connectivity index (χ0v) is 10.4. The van der Waals surface area contributed by atoms with Crippen LogP contribution in [0.3, 0.4) is 0 Å². The lowest BCUT2D eigenvalue weighted by Crippen LogP contribution is -2.30. The Kier molecular flexibility index (Phi) is 4.11. The Bertz CT molecular complexity index is 557. The minimum Gasteiger partial charge on any atom is -0.480 e. The Labute approximate surface area is 108 Å². The topological polar surface area (TPSA) is 89.1 Å². The third-order valence-corrected chi connectivity index (χ3v) is 3.53. The highest BCUT2D eigenvalue weighted by Crippen LogP contribution is 2.24. The summed E-state index contributed by atoms with van der Waals surface area (Å²) >= 11 is 1.50. The number of aromatic nitrogens is 2. The van der Waals surface area contributed by atoms with Gasteiger partial charge in [-0.3, -0.25) is 4.79 Å². The van der Waals surface area contributed by atoms with Gasteiger partial charge in [-0.25, -0.2) is 9.97 Å². The molecule has 2 aromatic rings. The van der Waals surface area contributed by atoms with Gasteiger partial charge in [0.05, 0.1) is 5.52 Å². The van der Waals surface area contributed by atoms with Crippen LogP contribution in [0.1, 0.15) is 6.42 Å². The molecular weight excluding hydrogens is 250 g/mol.